The van der Waals surface area contributed by atoms with Gasteiger partial charge in [-0.1, -0.05) is 42.3 Å². The number of rotatable bonds is 9. The van der Waals surface area contributed by atoms with Crippen molar-refractivity contribution in [1.82, 2.24) is 4.90 Å². The molecule has 0 aromatic heterocycles. The first-order chi connectivity index (χ1) is 17.1. The zero-order chi connectivity index (χ0) is 24.2. The number of benzene rings is 2. The number of carboxylic acid groups (broad SMARTS) is 1. The summed E-state index contributed by atoms with van der Waals surface area (Å²) in [5, 5.41) is 9.13. The number of hydrogen-bond acceptors (Lipinski definition) is 5. The Morgan fingerprint density at radius 3 is 2.74 bits per heavy atom. The summed E-state index contributed by atoms with van der Waals surface area (Å²) >= 11 is 0. The summed E-state index contributed by atoms with van der Waals surface area (Å²) in [5.41, 5.74) is 3.29. The van der Waals surface area contributed by atoms with E-state index in [4.69, 9.17) is 19.6 Å². The molecule has 35 heavy (non-hydrogen) atoms. The zero-order valence-corrected chi connectivity index (χ0v) is 20.2. The van der Waals surface area contributed by atoms with Crippen molar-refractivity contribution in [1.29, 1.82) is 0 Å². The Labute approximate surface area is 207 Å². The van der Waals surface area contributed by atoms with E-state index in [1.54, 1.807) is 6.92 Å². The third kappa shape index (κ3) is 6.04. The van der Waals surface area contributed by atoms with Crippen LogP contribution in [0.5, 0.6) is 5.75 Å². The maximum atomic E-state index is 11.1. The van der Waals surface area contributed by atoms with Gasteiger partial charge in [0.15, 0.2) is 5.90 Å². The fraction of sp³-hybridized carbons (Fsp3) is 0.448. The molecule has 3 atom stereocenters. The Bertz CT molecular complexity index is 1140. The van der Waals surface area contributed by atoms with E-state index in [9.17, 15) is 4.79 Å². The molecule has 1 aliphatic carbocycles. The molecule has 1 saturated heterocycles. The largest absolute Gasteiger partial charge is 0.489 e. The fourth-order valence-corrected chi connectivity index (χ4v) is 4.90. The molecule has 0 spiro atoms. The number of likely N-dealkylation sites (tertiary alicyclic amines) is 1. The second kappa shape index (κ2) is 10.5. The molecule has 6 heteroatoms. The van der Waals surface area contributed by atoms with Gasteiger partial charge in [-0.2, -0.15) is 0 Å². The monoisotopic (exact) mass is 472 g/mol. The molecule has 0 radical (unpaired) electrons. The Hall–Kier alpha value is -3.30. The van der Waals surface area contributed by atoms with Crippen molar-refractivity contribution in [2.75, 3.05) is 13.1 Å². The van der Waals surface area contributed by atoms with Crippen LogP contribution < -0.4 is 4.74 Å². The first-order valence-electron chi connectivity index (χ1n) is 12.5. The summed E-state index contributed by atoms with van der Waals surface area (Å²) in [6.07, 6.45) is 3.75. The zero-order valence-electron chi connectivity index (χ0n) is 20.2. The minimum atomic E-state index is -0.852. The highest BCUT2D eigenvalue weighted by molar-refractivity contribution is 5.82. The number of hydrogen-bond donors (Lipinski definition) is 1. The highest BCUT2D eigenvalue weighted by atomic mass is 16.5. The molecular weight excluding hydrogens is 440 g/mol. The summed E-state index contributed by atoms with van der Waals surface area (Å²) in [6, 6.07) is 16.5. The first kappa shape index (κ1) is 23.4. The van der Waals surface area contributed by atoms with Crippen LogP contribution in [-0.2, 0) is 22.7 Å². The predicted octanol–water partition coefficient (Wildman–Crippen LogP) is 4.63. The van der Waals surface area contributed by atoms with Crippen LogP contribution in [0.15, 0.2) is 53.5 Å². The Kier molecular flexibility index (Phi) is 7.06. The van der Waals surface area contributed by atoms with Crippen molar-refractivity contribution in [2.24, 2.45) is 10.9 Å². The van der Waals surface area contributed by atoms with Gasteiger partial charge in [0, 0.05) is 25.6 Å². The van der Waals surface area contributed by atoms with Crippen LogP contribution in [0.2, 0.25) is 0 Å². The molecule has 3 unspecified atom stereocenters. The number of piperidine rings is 1. The Morgan fingerprint density at radius 1 is 1.20 bits per heavy atom. The molecule has 0 amide bonds. The van der Waals surface area contributed by atoms with E-state index in [1.807, 2.05) is 24.3 Å². The lowest BCUT2D eigenvalue weighted by atomic mass is 9.96. The van der Waals surface area contributed by atoms with Crippen LogP contribution in [0.4, 0.5) is 0 Å². The number of aliphatic imine (C=N–C) groups is 1. The van der Waals surface area contributed by atoms with Gasteiger partial charge < -0.3 is 14.6 Å². The minimum absolute atomic E-state index is 0.00686. The Morgan fingerprint density at radius 2 is 2.00 bits per heavy atom. The van der Waals surface area contributed by atoms with Crippen molar-refractivity contribution in [3.05, 3.63) is 65.2 Å². The van der Waals surface area contributed by atoms with Gasteiger partial charge in [0.1, 0.15) is 18.5 Å². The number of carboxylic acids is 1. The summed E-state index contributed by atoms with van der Waals surface area (Å²) in [6.45, 7) is 5.08. The van der Waals surface area contributed by atoms with Crippen molar-refractivity contribution < 1.29 is 19.4 Å². The average molecular weight is 473 g/mol. The summed E-state index contributed by atoms with van der Waals surface area (Å²) in [4.78, 5) is 18.4. The number of aliphatic carboxylic acids is 1. The molecule has 2 fully saturated rings. The van der Waals surface area contributed by atoms with E-state index in [0.29, 0.717) is 18.6 Å². The van der Waals surface area contributed by atoms with E-state index >= 15 is 0 Å². The predicted molar refractivity (Wildman–Crippen MR) is 134 cm³/mol. The second-order valence-electron chi connectivity index (χ2n) is 9.71. The fourth-order valence-electron chi connectivity index (χ4n) is 4.90. The van der Waals surface area contributed by atoms with Crippen LogP contribution in [0.25, 0.3) is 0 Å². The smallest absolute Gasteiger partial charge is 0.304 e. The average Bonchev–Trinajstić information content (AvgIpc) is 3.62. The lowest BCUT2D eigenvalue weighted by Crippen LogP contribution is -2.44. The molecular formula is C29H32N2O4. The summed E-state index contributed by atoms with van der Waals surface area (Å²) < 4.78 is 12.2. The number of carbonyl (C=O) groups is 1. The van der Waals surface area contributed by atoms with Gasteiger partial charge in [-0.3, -0.25) is 9.69 Å². The van der Waals surface area contributed by atoms with Gasteiger partial charge in [0.2, 0.25) is 0 Å². The van der Waals surface area contributed by atoms with Crippen molar-refractivity contribution in [3.8, 4) is 17.6 Å². The maximum absolute atomic E-state index is 11.1. The lowest BCUT2D eigenvalue weighted by molar-refractivity contribution is -0.137. The summed E-state index contributed by atoms with van der Waals surface area (Å²) in [7, 11) is 0. The van der Waals surface area contributed by atoms with Crippen LogP contribution in [0.1, 0.15) is 55.2 Å². The van der Waals surface area contributed by atoms with Crippen molar-refractivity contribution in [2.45, 2.75) is 63.8 Å². The molecule has 2 heterocycles. The maximum Gasteiger partial charge on any atom is 0.304 e. The third-order valence-electron chi connectivity index (χ3n) is 6.88. The highest BCUT2D eigenvalue weighted by Crippen LogP contribution is 2.36. The van der Waals surface area contributed by atoms with Crippen LogP contribution in [0.3, 0.4) is 0 Å². The highest BCUT2D eigenvalue weighted by Gasteiger charge is 2.41. The third-order valence-corrected chi connectivity index (χ3v) is 6.88. The van der Waals surface area contributed by atoms with Crippen LogP contribution in [0, 0.1) is 17.8 Å². The molecule has 0 bridgehead atoms. The van der Waals surface area contributed by atoms with Crippen molar-refractivity contribution >= 4 is 11.9 Å². The molecule has 3 aliphatic rings. The van der Waals surface area contributed by atoms with E-state index in [-0.39, 0.29) is 18.4 Å². The van der Waals surface area contributed by atoms with E-state index < -0.39 is 5.97 Å². The van der Waals surface area contributed by atoms with Gasteiger partial charge in [0.25, 0.3) is 0 Å². The topological polar surface area (TPSA) is 71.4 Å². The molecule has 2 aromatic rings. The van der Waals surface area contributed by atoms with E-state index in [1.165, 1.54) is 18.4 Å². The normalized spacial score (nSPS) is 22.3. The van der Waals surface area contributed by atoms with Gasteiger partial charge in [-0.05, 0) is 55.0 Å². The van der Waals surface area contributed by atoms with E-state index in [0.717, 1.165) is 48.8 Å². The van der Waals surface area contributed by atoms with Gasteiger partial charge in [-0.25, -0.2) is 4.99 Å². The minimum Gasteiger partial charge on any atom is -0.489 e. The van der Waals surface area contributed by atoms with Gasteiger partial charge >= 0.3 is 5.97 Å². The molecule has 2 aromatic carbocycles. The lowest BCUT2D eigenvalue weighted by Gasteiger charge is -2.33. The SMILES string of the molecule is CC#CC(CC(=O)O)c1ccc(OCc2cccc(CN3CCC4N=C(C5CC5)OC4C3)c2)cc1. The van der Waals surface area contributed by atoms with Gasteiger partial charge in [-0.15, -0.1) is 5.92 Å². The number of nitrogens with zero attached hydrogens (tertiary/aromatic N) is 2. The molecule has 2 aliphatic heterocycles. The first-order valence-corrected chi connectivity index (χ1v) is 12.5. The molecule has 1 saturated carbocycles. The van der Waals surface area contributed by atoms with Crippen LogP contribution >= 0.6 is 0 Å². The van der Waals surface area contributed by atoms with Crippen molar-refractivity contribution in [3.63, 3.8) is 0 Å². The standard InChI is InChI=1S/C29H32N2O4/c1-2-4-24(16-28(32)33)22-9-11-25(12-10-22)34-19-21-6-3-5-20(15-21)17-31-14-13-26-27(18-31)35-29(30-26)23-7-8-23/h3,5-6,9-12,15,23-24,26-27H,7-8,13-14,16-19H2,1H3,(H,32,33). The summed E-state index contributed by atoms with van der Waals surface area (Å²) in [5.74, 6) is 7.01. The van der Waals surface area contributed by atoms with E-state index in [2.05, 4.69) is 41.0 Å². The number of ether oxygens (including phenoxy) is 2. The van der Waals surface area contributed by atoms with Gasteiger partial charge in [0.05, 0.1) is 18.4 Å². The molecule has 5 rings (SSSR count). The number of fused-ring (bicyclic) bond motifs is 1. The molecule has 1 N–H and O–H groups in total. The second-order valence-corrected chi connectivity index (χ2v) is 9.71. The molecule has 182 valence electrons. The van der Waals surface area contributed by atoms with Crippen LogP contribution in [-0.4, -0.2) is 47.1 Å². The molecule has 6 nitrogen and oxygen atoms in total. The quantitative estimate of drug-likeness (QED) is 0.539. The Balaban J connectivity index is 1.13.